The molecule has 7 nitrogen and oxygen atoms in total. The number of anilines is 3. The van der Waals surface area contributed by atoms with Crippen molar-refractivity contribution in [2.75, 3.05) is 43.5 Å². The highest BCUT2D eigenvalue weighted by Crippen LogP contribution is 2.44. The Balaban J connectivity index is 1.76. The van der Waals surface area contributed by atoms with Gasteiger partial charge in [-0.25, -0.2) is 13.8 Å². The lowest BCUT2D eigenvalue weighted by Gasteiger charge is -2.38. The van der Waals surface area contributed by atoms with Gasteiger partial charge in [0.25, 0.3) is 0 Å². The van der Waals surface area contributed by atoms with Crippen LogP contribution in [-0.4, -0.2) is 32.9 Å². The Morgan fingerprint density at radius 1 is 1.00 bits per heavy atom. The summed E-state index contributed by atoms with van der Waals surface area (Å²) in [5.74, 6) is -0.590. The summed E-state index contributed by atoms with van der Waals surface area (Å²) >= 11 is 0. The molecule has 3 aromatic rings. The maximum absolute atomic E-state index is 15.0. The van der Waals surface area contributed by atoms with E-state index in [1.165, 1.54) is 20.3 Å². The fourth-order valence-corrected chi connectivity index (χ4v) is 3.66. The van der Waals surface area contributed by atoms with Crippen molar-refractivity contribution in [3.05, 3.63) is 59.8 Å². The molecule has 0 saturated carbocycles. The molecule has 0 fully saturated rings. The molecule has 0 amide bonds. The maximum Gasteiger partial charge on any atom is 0.193 e. The number of nitrogen functional groups attached to an aromatic ring is 1. The average Bonchev–Trinajstić information content (AvgIpc) is 2.77. The van der Waals surface area contributed by atoms with E-state index < -0.39 is 11.6 Å². The van der Waals surface area contributed by atoms with Crippen molar-refractivity contribution in [3.63, 3.8) is 0 Å². The minimum Gasteiger partial charge on any atom is -0.493 e. The Bertz CT molecular complexity index is 1080. The number of methoxy groups -OCH3 is 2. The summed E-state index contributed by atoms with van der Waals surface area (Å²) in [6.07, 6.45) is 1.58. The van der Waals surface area contributed by atoms with Crippen LogP contribution in [0.3, 0.4) is 0 Å². The zero-order valence-corrected chi connectivity index (χ0v) is 17.4. The molecular weight excluding hydrogens is 406 g/mol. The molecule has 0 radical (unpaired) electrons. The minimum absolute atomic E-state index is 0.106. The third-order valence-corrected chi connectivity index (χ3v) is 5.07. The van der Waals surface area contributed by atoms with Gasteiger partial charge < -0.3 is 29.7 Å². The molecular formula is C22H22F2N4O3. The topological polar surface area (TPSA) is 73.1 Å². The van der Waals surface area contributed by atoms with Crippen molar-refractivity contribution >= 4 is 17.2 Å². The first-order valence-corrected chi connectivity index (χ1v) is 9.50. The first kappa shape index (κ1) is 20.5. The van der Waals surface area contributed by atoms with Crippen molar-refractivity contribution in [1.82, 2.24) is 4.98 Å². The fourth-order valence-electron chi connectivity index (χ4n) is 3.66. The van der Waals surface area contributed by atoms with E-state index in [9.17, 15) is 0 Å². The monoisotopic (exact) mass is 428 g/mol. The van der Waals surface area contributed by atoms with E-state index in [-0.39, 0.29) is 36.2 Å². The van der Waals surface area contributed by atoms with E-state index in [1.807, 2.05) is 18.2 Å². The Morgan fingerprint density at radius 3 is 2.26 bits per heavy atom. The molecule has 4 rings (SSSR count). The molecule has 2 heterocycles. The lowest BCUT2D eigenvalue weighted by molar-refractivity contribution is 0.357. The second-order valence-electron chi connectivity index (χ2n) is 7.06. The summed E-state index contributed by atoms with van der Waals surface area (Å²) in [4.78, 5) is 7.58. The third kappa shape index (κ3) is 3.63. The van der Waals surface area contributed by atoms with Crippen LogP contribution in [0.5, 0.6) is 23.0 Å². The first-order chi connectivity index (χ1) is 14.9. The number of nitrogens with two attached hydrogens (primary N) is 1. The lowest BCUT2D eigenvalue weighted by atomic mass is 10.1. The number of rotatable bonds is 5. The van der Waals surface area contributed by atoms with Crippen LogP contribution >= 0.6 is 0 Å². The van der Waals surface area contributed by atoms with Crippen LogP contribution < -0.4 is 29.7 Å². The van der Waals surface area contributed by atoms with E-state index in [4.69, 9.17) is 19.9 Å². The molecule has 2 aromatic carbocycles. The molecule has 0 bridgehead atoms. The molecule has 2 N–H and O–H groups in total. The van der Waals surface area contributed by atoms with Gasteiger partial charge >= 0.3 is 0 Å². The maximum atomic E-state index is 15.0. The summed E-state index contributed by atoms with van der Waals surface area (Å²) in [7, 11) is 4.42. The summed E-state index contributed by atoms with van der Waals surface area (Å²) in [5, 5.41) is 0. The van der Waals surface area contributed by atoms with Crippen LogP contribution in [0.25, 0.3) is 0 Å². The quantitative estimate of drug-likeness (QED) is 0.654. The van der Waals surface area contributed by atoms with Gasteiger partial charge in [-0.1, -0.05) is 18.2 Å². The van der Waals surface area contributed by atoms with Gasteiger partial charge in [-0.3, -0.25) is 0 Å². The Hall–Kier alpha value is -3.75. The molecule has 1 aliphatic heterocycles. The summed E-state index contributed by atoms with van der Waals surface area (Å²) < 4.78 is 46.2. The number of benzene rings is 2. The van der Waals surface area contributed by atoms with Crippen LogP contribution in [0, 0.1) is 11.6 Å². The molecule has 1 aliphatic rings. The number of ether oxygens (including phenoxy) is 3. The van der Waals surface area contributed by atoms with Gasteiger partial charge in [-0.2, -0.15) is 0 Å². The predicted octanol–water partition coefficient (Wildman–Crippen LogP) is 4.17. The first-order valence-electron chi connectivity index (χ1n) is 9.50. The van der Waals surface area contributed by atoms with E-state index >= 15 is 8.78 Å². The van der Waals surface area contributed by atoms with Crippen LogP contribution in [0.2, 0.25) is 0 Å². The SMILES string of the molecule is COc1cc(OC)c(F)c(N2Cc3cnc(N)c(Oc4ccccc4)c3N(C)C2)c1F. The zero-order valence-electron chi connectivity index (χ0n) is 17.4. The van der Waals surface area contributed by atoms with Crippen molar-refractivity contribution in [2.45, 2.75) is 6.54 Å². The average molecular weight is 428 g/mol. The number of hydrogen-bond acceptors (Lipinski definition) is 7. The lowest BCUT2D eigenvalue weighted by Crippen LogP contribution is -2.41. The van der Waals surface area contributed by atoms with Gasteiger partial charge in [-0.05, 0) is 12.1 Å². The van der Waals surface area contributed by atoms with E-state index in [1.54, 1.807) is 35.2 Å². The molecule has 0 saturated heterocycles. The third-order valence-electron chi connectivity index (χ3n) is 5.07. The van der Waals surface area contributed by atoms with Gasteiger partial charge in [0.15, 0.2) is 34.7 Å². The van der Waals surface area contributed by atoms with Crippen molar-refractivity contribution in [3.8, 4) is 23.0 Å². The van der Waals surface area contributed by atoms with E-state index in [0.29, 0.717) is 22.7 Å². The number of aromatic nitrogens is 1. The van der Waals surface area contributed by atoms with Crippen molar-refractivity contribution in [2.24, 2.45) is 0 Å². The molecule has 9 heteroatoms. The van der Waals surface area contributed by atoms with Crippen LogP contribution in [0.15, 0.2) is 42.6 Å². The Morgan fingerprint density at radius 2 is 1.65 bits per heavy atom. The molecule has 0 aliphatic carbocycles. The molecule has 0 atom stereocenters. The molecule has 162 valence electrons. The van der Waals surface area contributed by atoms with Gasteiger partial charge in [0.05, 0.1) is 26.6 Å². The number of para-hydroxylation sites is 1. The smallest absolute Gasteiger partial charge is 0.193 e. The largest absolute Gasteiger partial charge is 0.493 e. The summed E-state index contributed by atoms with van der Waals surface area (Å²) in [5.41, 5.74) is 7.27. The van der Waals surface area contributed by atoms with Crippen LogP contribution in [0.4, 0.5) is 26.0 Å². The number of halogens is 2. The fraction of sp³-hybridized carbons (Fsp3) is 0.227. The second kappa shape index (κ2) is 8.17. The summed E-state index contributed by atoms with van der Waals surface area (Å²) in [6, 6.07) is 10.4. The minimum atomic E-state index is -0.804. The van der Waals surface area contributed by atoms with Crippen molar-refractivity contribution < 1.29 is 23.0 Å². The number of nitrogens with zero attached hydrogens (tertiary/aromatic N) is 3. The number of fused-ring (bicyclic) bond motifs is 1. The van der Waals surface area contributed by atoms with Gasteiger partial charge in [0.1, 0.15) is 11.4 Å². The number of pyridine rings is 1. The van der Waals surface area contributed by atoms with Gasteiger partial charge in [-0.15, -0.1) is 0 Å². The van der Waals surface area contributed by atoms with Gasteiger partial charge in [0, 0.05) is 31.4 Å². The van der Waals surface area contributed by atoms with Crippen LogP contribution in [0.1, 0.15) is 5.56 Å². The van der Waals surface area contributed by atoms with Crippen LogP contribution in [-0.2, 0) is 6.54 Å². The van der Waals surface area contributed by atoms with Crippen molar-refractivity contribution in [1.29, 1.82) is 0 Å². The van der Waals surface area contributed by atoms with E-state index in [0.717, 1.165) is 0 Å². The number of hydrogen-bond donors (Lipinski definition) is 1. The molecule has 0 spiro atoms. The standard InChI is InChI=1S/C22H22F2N4O3/c1-27-12-28(20-17(23)15(29-2)9-16(30-3)18(20)24)11-13-10-26-22(25)21(19(13)27)31-14-7-5-4-6-8-14/h4-10H,11-12H2,1-3H3,(H2,25,26). The highest BCUT2D eigenvalue weighted by Gasteiger charge is 2.31. The summed E-state index contributed by atoms with van der Waals surface area (Å²) in [6.45, 7) is 0.355. The Labute approximate surface area is 178 Å². The second-order valence-corrected chi connectivity index (χ2v) is 7.06. The zero-order chi connectivity index (χ0) is 22.1. The molecule has 1 aromatic heterocycles. The molecule has 31 heavy (non-hydrogen) atoms. The Kier molecular flexibility index (Phi) is 5.41. The predicted molar refractivity (Wildman–Crippen MR) is 114 cm³/mol. The normalized spacial score (nSPS) is 13.1. The highest BCUT2D eigenvalue weighted by atomic mass is 19.1. The highest BCUT2D eigenvalue weighted by molar-refractivity contribution is 5.74. The van der Waals surface area contributed by atoms with Gasteiger partial charge in [0.2, 0.25) is 0 Å². The van der Waals surface area contributed by atoms with E-state index in [2.05, 4.69) is 4.98 Å². The molecule has 0 unspecified atom stereocenters.